The number of hydrogen-bond acceptors (Lipinski definition) is 5. The van der Waals surface area contributed by atoms with E-state index < -0.39 is 6.10 Å². The van der Waals surface area contributed by atoms with Gasteiger partial charge >= 0.3 is 0 Å². The van der Waals surface area contributed by atoms with Gasteiger partial charge in [0.1, 0.15) is 30.9 Å². The third-order valence-electron chi connectivity index (χ3n) is 3.95. The van der Waals surface area contributed by atoms with E-state index in [9.17, 15) is 15.0 Å². The molecule has 6 nitrogen and oxygen atoms in total. The van der Waals surface area contributed by atoms with E-state index in [0.717, 1.165) is 11.0 Å². The van der Waals surface area contributed by atoms with Crippen LogP contribution >= 0.6 is 0 Å². The van der Waals surface area contributed by atoms with Crippen LogP contribution in [0.25, 0.3) is 11.0 Å². The van der Waals surface area contributed by atoms with Crippen LogP contribution in [-0.2, 0) is 13.2 Å². The van der Waals surface area contributed by atoms with E-state index in [-0.39, 0.29) is 25.5 Å². The monoisotopic (exact) mass is 340 g/mol. The molecule has 0 aliphatic heterocycles. The molecule has 0 spiro atoms. The molecule has 0 unspecified atom stereocenters. The quantitative estimate of drug-likeness (QED) is 0.644. The number of aromatic nitrogens is 2. The van der Waals surface area contributed by atoms with Gasteiger partial charge < -0.3 is 19.5 Å². The van der Waals surface area contributed by atoms with Gasteiger partial charge in [-0.15, -0.1) is 0 Å². The number of rotatable bonds is 7. The van der Waals surface area contributed by atoms with E-state index in [1.54, 1.807) is 28.8 Å². The summed E-state index contributed by atoms with van der Waals surface area (Å²) in [5, 5.41) is 19.8. The molecule has 1 heterocycles. The number of carbonyl (C=O) groups is 1. The lowest BCUT2D eigenvalue weighted by Crippen LogP contribution is -2.24. The highest BCUT2D eigenvalue weighted by Crippen LogP contribution is 2.18. The molecule has 2 N–H and O–H groups in total. The maximum Gasteiger partial charge on any atom is 0.159 e. The first kappa shape index (κ1) is 17.1. The Bertz CT molecular complexity index is 888. The van der Waals surface area contributed by atoms with Gasteiger partial charge in [0.05, 0.1) is 17.6 Å². The van der Waals surface area contributed by atoms with Crippen LogP contribution in [0.2, 0.25) is 0 Å². The molecule has 0 aliphatic carbocycles. The van der Waals surface area contributed by atoms with Crippen molar-refractivity contribution in [2.45, 2.75) is 26.2 Å². The lowest BCUT2D eigenvalue weighted by Gasteiger charge is -2.15. The largest absolute Gasteiger partial charge is 0.491 e. The number of fused-ring (bicyclic) bond motifs is 1. The highest BCUT2D eigenvalue weighted by molar-refractivity contribution is 5.94. The second-order valence-electron chi connectivity index (χ2n) is 5.83. The third-order valence-corrected chi connectivity index (χ3v) is 3.95. The molecule has 130 valence electrons. The number of para-hydroxylation sites is 2. The minimum absolute atomic E-state index is 0.0385. The van der Waals surface area contributed by atoms with Crippen LogP contribution in [0, 0.1) is 0 Å². The van der Waals surface area contributed by atoms with Crippen LogP contribution < -0.4 is 4.74 Å². The summed E-state index contributed by atoms with van der Waals surface area (Å²) in [5.74, 6) is 0.993. The van der Waals surface area contributed by atoms with Crippen molar-refractivity contribution in [1.29, 1.82) is 0 Å². The third kappa shape index (κ3) is 3.87. The van der Waals surface area contributed by atoms with Gasteiger partial charge in [-0.3, -0.25) is 4.79 Å². The van der Waals surface area contributed by atoms with Gasteiger partial charge in [-0.1, -0.05) is 24.3 Å². The molecule has 25 heavy (non-hydrogen) atoms. The van der Waals surface area contributed by atoms with Crippen LogP contribution in [0.15, 0.2) is 48.5 Å². The minimum Gasteiger partial charge on any atom is -0.491 e. The van der Waals surface area contributed by atoms with Gasteiger partial charge in [-0.05, 0) is 31.2 Å². The fourth-order valence-electron chi connectivity index (χ4n) is 2.71. The Hall–Kier alpha value is -2.70. The SMILES string of the molecule is CC(=O)c1cccc(OC[C@@H](O)Cn2c(CO)nc3ccccc32)c1. The summed E-state index contributed by atoms with van der Waals surface area (Å²) >= 11 is 0. The molecular formula is C19H20N2O4. The topological polar surface area (TPSA) is 84.6 Å². The molecule has 1 aromatic heterocycles. The number of ether oxygens (including phenoxy) is 1. The molecule has 6 heteroatoms. The Kier molecular flexibility index (Phi) is 5.11. The molecule has 0 saturated heterocycles. The fourth-order valence-corrected chi connectivity index (χ4v) is 2.71. The van der Waals surface area contributed by atoms with Crippen LogP contribution in [0.3, 0.4) is 0 Å². The first-order valence-corrected chi connectivity index (χ1v) is 8.05. The van der Waals surface area contributed by atoms with Gasteiger partial charge in [-0.2, -0.15) is 0 Å². The highest BCUT2D eigenvalue weighted by Gasteiger charge is 2.14. The van der Waals surface area contributed by atoms with Crippen molar-refractivity contribution in [2.75, 3.05) is 6.61 Å². The molecule has 0 bridgehead atoms. The summed E-state index contributed by atoms with van der Waals surface area (Å²) < 4.78 is 7.38. The summed E-state index contributed by atoms with van der Waals surface area (Å²) in [6, 6.07) is 14.4. The average molecular weight is 340 g/mol. The minimum atomic E-state index is -0.788. The van der Waals surface area contributed by atoms with E-state index in [4.69, 9.17) is 4.74 Å². The second kappa shape index (κ2) is 7.46. The molecular weight excluding hydrogens is 320 g/mol. The summed E-state index contributed by atoms with van der Waals surface area (Å²) in [6.45, 7) is 1.61. The molecule has 0 aliphatic rings. The maximum absolute atomic E-state index is 11.4. The standard InChI is InChI=1S/C19H20N2O4/c1-13(23)14-5-4-6-16(9-14)25-12-15(24)10-21-18-8-3-2-7-17(18)20-19(21)11-22/h2-9,15,22,24H,10-12H2,1H3/t15-/m0/s1. The molecule has 0 radical (unpaired) electrons. The zero-order chi connectivity index (χ0) is 17.8. The molecule has 3 aromatic rings. The van der Waals surface area contributed by atoms with E-state index in [1.165, 1.54) is 6.92 Å². The van der Waals surface area contributed by atoms with Crippen molar-refractivity contribution < 1.29 is 19.7 Å². The van der Waals surface area contributed by atoms with E-state index in [2.05, 4.69) is 4.98 Å². The van der Waals surface area contributed by atoms with Gasteiger partial charge in [0, 0.05) is 5.56 Å². The number of ketones is 1. The van der Waals surface area contributed by atoms with Crippen molar-refractivity contribution in [3.8, 4) is 5.75 Å². The van der Waals surface area contributed by atoms with Crippen LogP contribution in [0.5, 0.6) is 5.75 Å². The van der Waals surface area contributed by atoms with Gasteiger partial charge in [0.15, 0.2) is 5.78 Å². The Morgan fingerprint density at radius 1 is 1.24 bits per heavy atom. The number of hydrogen-bond donors (Lipinski definition) is 2. The smallest absolute Gasteiger partial charge is 0.159 e. The Labute approximate surface area is 145 Å². The molecule has 0 fully saturated rings. The van der Waals surface area contributed by atoms with Crippen molar-refractivity contribution in [3.63, 3.8) is 0 Å². The van der Waals surface area contributed by atoms with Crippen molar-refractivity contribution >= 4 is 16.8 Å². The predicted molar refractivity (Wildman–Crippen MR) is 93.6 cm³/mol. The molecule has 0 amide bonds. The summed E-state index contributed by atoms with van der Waals surface area (Å²) in [6.07, 6.45) is -0.788. The van der Waals surface area contributed by atoms with E-state index in [0.29, 0.717) is 17.1 Å². The zero-order valence-electron chi connectivity index (χ0n) is 13.9. The lowest BCUT2D eigenvalue weighted by atomic mass is 10.1. The van der Waals surface area contributed by atoms with Crippen molar-refractivity contribution in [3.05, 3.63) is 59.9 Å². The predicted octanol–water partition coefficient (Wildman–Crippen LogP) is 2.17. The summed E-state index contributed by atoms with van der Waals surface area (Å²) in [5.41, 5.74) is 2.19. The van der Waals surface area contributed by atoms with Crippen molar-refractivity contribution in [2.24, 2.45) is 0 Å². The van der Waals surface area contributed by atoms with E-state index >= 15 is 0 Å². The Morgan fingerprint density at radius 2 is 2.04 bits per heavy atom. The second-order valence-corrected chi connectivity index (χ2v) is 5.83. The number of aliphatic hydroxyl groups excluding tert-OH is 2. The van der Waals surface area contributed by atoms with E-state index in [1.807, 2.05) is 24.3 Å². The molecule has 2 aromatic carbocycles. The normalized spacial score (nSPS) is 12.3. The average Bonchev–Trinajstić information content (AvgIpc) is 2.98. The lowest BCUT2D eigenvalue weighted by molar-refractivity contribution is 0.0913. The van der Waals surface area contributed by atoms with Gasteiger partial charge in [0.25, 0.3) is 0 Å². The van der Waals surface area contributed by atoms with Crippen LogP contribution in [-0.4, -0.2) is 38.3 Å². The summed E-state index contributed by atoms with van der Waals surface area (Å²) in [4.78, 5) is 15.8. The first-order valence-electron chi connectivity index (χ1n) is 8.05. The van der Waals surface area contributed by atoms with Crippen molar-refractivity contribution in [1.82, 2.24) is 9.55 Å². The Morgan fingerprint density at radius 3 is 2.80 bits per heavy atom. The van der Waals surface area contributed by atoms with Crippen LogP contribution in [0.4, 0.5) is 0 Å². The number of Topliss-reactive ketones (excluding diaryl/α,β-unsaturated/α-hetero) is 1. The number of imidazole rings is 1. The zero-order valence-corrected chi connectivity index (χ0v) is 13.9. The first-order chi connectivity index (χ1) is 12.1. The number of aliphatic hydroxyl groups is 2. The Balaban J connectivity index is 1.70. The fraction of sp³-hybridized carbons (Fsp3) is 0.263. The highest BCUT2D eigenvalue weighted by atomic mass is 16.5. The van der Waals surface area contributed by atoms with Crippen LogP contribution in [0.1, 0.15) is 23.1 Å². The summed E-state index contributed by atoms with van der Waals surface area (Å²) in [7, 11) is 0. The number of benzene rings is 2. The maximum atomic E-state index is 11.4. The van der Waals surface area contributed by atoms with Gasteiger partial charge in [-0.25, -0.2) is 4.98 Å². The molecule has 3 rings (SSSR count). The molecule has 1 atom stereocenters. The van der Waals surface area contributed by atoms with Gasteiger partial charge in [0.2, 0.25) is 0 Å². The molecule has 0 saturated carbocycles. The number of carbonyl (C=O) groups excluding carboxylic acids is 1. The number of nitrogens with zero attached hydrogens (tertiary/aromatic N) is 2.